The summed E-state index contributed by atoms with van der Waals surface area (Å²) in [6.07, 6.45) is 5.39. The number of unbranched alkanes of at least 4 members (excludes halogenated alkanes) is 2. The number of carbonyl (C=O) groups is 3. The largest absolute Gasteiger partial charge is 0.395 e. The molecule has 0 saturated carbocycles. The highest BCUT2D eigenvalue weighted by Gasteiger charge is 2.48. The van der Waals surface area contributed by atoms with Crippen LogP contribution < -0.4 is 10.6 Å². The topological polar surface area (TPSA) is 111 Å². The summed E-state index contributed by atoms with van der Waals surface area (Å²) in [5.41, 5.74) is 0.900. The predicted octanol–water partition coefficient (Wildman–Crippen LogP) is 3.46. The third-order valence-corrected chi connectivity index (χ3v) is 6.69. The van der Waals surface area contributed by atoms with Crippen LogP contribution in [0.15, 0.2) is 35.4 Å². The first-order chi connectivity index (χ1) is 16.0. The lowest BCUT2D eigenvalue weighted by Gasteiger charge is -2.35. The first-order valence-corrected chi connectivity index (χ1v) is 12.6. The zero-order chi connectivity index (χ0) is 24.1. The van der Waals surface area contributed by atoms with Crippen LogP contribution >= 0.6 is 11.8 Å². The van der Waals surface area contributed by atoms with Crippen LogP contribution in [0.25, 0.3) is 0 Å². The molecule has 0 aromatic heterocycles. The Labute approximate surface area is 200 Å². The summed E-state index contributed by atoms with van der Waals surface area (Å²) in [4.78, 5) is 36.8. The smallest absolute Gasteiger partial charge is 0.244 e. The van der Waals surface area contributed by atoms with Gasteiger partial charge < -0.3 is 15.7 Å². The normalized spacial score (nSPS) is 17.5. The standard InChI is InChI=1S/C24H36N4O4S/c1-3-5-13-21(31)26-23-27-28(22(32)15-6-4-2)24(33-23,19-11-8-7-9-12-19)16-10-14-20(30)25-17-18-29/h7-9,11-12,29H,3-6,10,13-18H2,1-2H3,(H,25,30)(H,26,27,31). The molecule has 3 N–H and O–H groups in total. The number of rotatable bonds is 13. The molecule has 0 radical (unpaired) electrons. The molecule has 1 atom stereocenters. The fourth-order valence-electron chi connectivity index (χ4n) is 3.61. The van der Waals surface area contributed by atoms with Gasteiger partial charge in [-0.3, -0.25) is 14.4 Å². The Hall–Kier alpha value is -2.39. The Morgan fingerprint density at radius 2 is 1.67 bits per heavy atom. The number of hydrazone groups is 1. The summed E-state index contributed by atoms with van der Waals surface area (Å²) in [7, 11) is 0. The molecule has 1 aromatic carbocycles. The molecule has 0 bridgehead atoms. The minimum atomic E-state index is -0.837. The van der Waals surface area contributed by atoms with Crippen molar-refractivity contribution in [2.75, 3.05) is 13.2 Å². The van der Waals surface area contributed by atoms with Crippen molar-refractivity contribution in [3.8, 4) is 0 Å². The molecular weight excluding hydrogens is 440 g/mol. The van der Waals surface area contributed by atoms with Gasteiger partial charge in [0.2, 0.25) is 17.7 Å². The SMILES string of the molecule is CCCCC(=O)NC1=NN(C(=O)CCCC)C(CCCC(=O)NCCO)(c2ccccc2)S1. The third kappa shape index (κ3) is 7.85. The highest BCUT2D eigenvalue weighted by molar-refractivity contribution is 8.14. The zero-order valence-electron chi connectivity index (χ0n) is 19.6. The number of amidine groups is 1. The summed E-state index contributed by atoms with van der Waals surface area (Å²) >= 11 is 1.36. The van der Waals surface area contributed by atoms with E-state index in [2.05, 4.69) is 15.7 Å². The van der Waals surface area contributed by atoms with Crippen molar-refractivity contribution in [1.29, 1.82) is 0 Å². The van der Waals surface area contributed by atoms with E-state index in [1.807, 2.05) is 44.2 Å². The number of carbonyl (C=O) groups excluding carboxylic acids is 3. The van der Waals surface area contributed by atoms with Crippen LogP contribution in [0.2, 0.25) is 0 Å². The Balaban J connectivity index is 2.29. The van der Waals surface area contributed by atoms with Crippen LogP contribution in [0, 0.1) is 0 Å². The van der Waals surface area contributed by atoms with Crippen molar-refractivity contribution in [3.63, 3.8) is 0 Å². The molecule has 3 amide bonds. The molecule has 1 heterocycles. The highest BCUT2D eigenvalue weighted by atomic mass is 32.2. The van der Waals surface area contributed by atoms with Crippen molar-refractivity contribution in [1.82, 2.24) is 15.6 Å². The first kappa shape index (κ1) is 26.9. The van der Waals surface area contributed by atoms with Gasteiger partial charge in [0.25, 0.3) is 0 Å². The molecule has 1 aliphatic rings. The van der Waals surface area contributed by atoms with Crippen molar-refractivity contribution in [2.24, 2.45) is 5.10 Å². The molecule has 1 aromatic rings. The van der Waals surface area contributed by atoms with Crippen LogP contribution in [0.5, 0.6) is 0 Å². The van der Waals surface area contributed by atoms with Gasteiger partial charge in [0, 0.05) is 25.8 Å². The summed E-state index contributed by atoms with van der Waals surface area (Å²) in [5.74, 6) is -0.361. The molecule has 0 spiro atoms. The number of aliphatic hydroxyl groups excluding tert-OH is 1. The number of amides is 3. The highest BCUT2D eigenvalue weighted by Crippen LogP contribution is 2.49. The van der Waals surface area contributed by atoms with E-state index in [9.17, 15) is 14.4 Å². The molecule has 1 unspecified atom stereocenters. The van der Waals surface area contributed by atoms with Crippen molar-refractivity contribution in [3.05, 3.63) is 35.9 Å². The van der Waals surface area contributed by atoms with Gasteiger partial charge in [-0.1, -0.05) is 68.8 Å². The van der Waals surface area contributed by atoms with Crippen LogP contribution in [0.4, 0.5) is 0 Å². The second-order valence-corrected chi connectivity index (χ2v) is 9.31. The molecule has 33 heavy (non-hydrogen) atoms. The average Bonchev–Trinajstić information content (AvgIpc) is 3.19. The second-order valence-electron chi connectivity index (χ2n) is 8.05. The third-order valence-electron chi connectivity index (χ3n) is 5.36. The van der Waals surface area contributed by atoms with Gasteiger partial charge in [0.1, 0.15) is 4.87 Å². The van der Waals surface area contributed by atoms with E-state index in [0.29, 0.717) is 30.9 Å². The molecule has 8 nitrogen and oxygen atoms in total. The van der Waals surface area contributed by atoms with E-state index in [-0.39, 0.29) is 37.3 Å². The number of nitrogens with zero attached hydrogens (tertiary/aromatic N) is 2. The van der Waals surface area contributed by atoms with Gasteiger partial charge in [0.05, 0.1) is 6.61 Å². The minimum Gasteiger partial charge on any atom is -0.395 e. The van der Waals surface area contributed by atoms with Gasteiger partial charge >= 0.3 is 0 Å². The number of hydrogen-bond acceptors (Lipinski definition) is 6. The molecule has 9 heteroatoms. The molecule has 1 aliphatic heterocycles. The maximum atomic E-state index is 13.2. The van der Waals surface area contributed by atoms with Crippen LogP contribution in [-0.2, 0) is 19.3 Å². The van der Waals surface area contributed by atoms with Gasteiger partial charge in [-0.25, -0.2) is 5.01 Å². The van der Waals surface area contributed by atoms with E-state index < -0.39 is 4.87 Å². The summed E-state index contributed by atoms with van der Waals surface area (Å²) in [5, 5.41) is 20.9. The monoisotopic (exact) mass is 476 g/mol. The van der Waals surface area contributed by atoms with Gasteiger partial charge in [0.15, 0.2) is 5.17 Å². The number of aliphatic hydroxyl groups is 1. The Morgan fingerprint density at radius 3 is 2.33 bits per heavy atom. The lowest BCUT2D eigenvalue weighted by molar-refractivity contribution is -0.135. The molecule has 0 saturated heterocycles. The predicted molar refractivity (Wildman–Crippen MR) is 131 cm³/mol. The second kappa shape index (κ2) is 14.0. The summed E-state index contributed by atoms with van der Waals surface area (Å²) < 4.78 is 0. The van der Waals surface area contributed by atoms with Crippen molar-refractivity contribution >= 4 is 34.7 Å². The lowest BCUT2D eigenvalue weighted by atomic mass is 9.98. The van der Waals surface area contributed by atoms with Gasteiger partial charge in [-0.05, 0) is 31.2 Å². The Morgan fingerprint density at radius 1 is 1.00 bits per heavy atom. The molecule has 0 fully saturated rings. The number of benzene rings is 1. The molecule has 0 aliphatic carbocycles. The zero-order valence-corrected chi connectivity index (χ0v) is 20.5. The molecular formula is C24H36N4O4S. The van der Waals surface area contributed by atoms with Crippen LogP contribution in [-0.4, -0.2) is 46.2 Å². The van der Waals surface area contributed by atoms with E-state index >= 15 is 0 Å². The fourth-order valence-corrected chi connectivity index (χ4v) is 4.95. The number of nitrogens with one attached hydrogen (secondary N) is 2. The maximum absolute atomic E-state index is 13.2. The van der Waals surface area contributed by atoms with Gasteiger partial charge in [-0.2, -0.15) is 0 Å². The van der Waals surface area contributed by atoms with E-state index in [1.54, 1.807) is 0 Å². The van der Waals surface area contributed by atoms with Crippen molar-refractivity contribution < 1.29 is 19.5 Å². The Kier molecular flexibility index (Phi) is 11.4. The quantitative estimate of drug-likeness (QED) is 0.404. The number of thioether (sulfide) groups is 1. The van der Waals surface area contributed by atoms with Crippen LogP contribution in [0.1, 0.15) is 77.2 Å². The van der Waals surface area contributed by atoms with E-state index in [0.717, 1.165) is 31.2 Å². The molecule has 182 valence electrons. The summed E-state index contributed by atoms with van der Waals surface area (Å²) in [6.45, 7) is 4.17. The number of hydrogen-bond donors (Lipinski definition) is 3. The van der Waals surface area contributed by atoms with Crippen molar-refractivity contribution in [2.45, 2.75) is 76.5 Å². The molecule has 2 rings (SSSR count). The Bertz CT molecular complexity index is 818. The van der Waals surface area contributed by atoms with Crippen LogP contribution in [0.3, 0.4) is 0 Å². The summed E-state index contributed by atoms with van der Waals surface area (Å²) in [6, 6.07) is 9.65. The average molecular weight is 477 g/mol. The van der Waals surface area contributed by atoms with E-state index in [4.69, 9.17) is 5.11 Å². The van der Waals surface area contributed by atoms with E-state index in [1.165, 1.54) is 16.8 Å². The minimum absolute atomic E-state index is 0.101. The fraction of sp³-hybridized carbons (Fsp3) is 0.583. The maximum Gasteiger partial charge on any atom is 0.244 e. The van der Waals surface area contributed by atoms with Gasteiger partial charge in [-0.15, -0.1) is 5.10 Å². The lowest BCUT2D eigenvalue weighted by Crippen LogP contribution is -2.41. The first-order valence-electron chi connectivity index (χ1n) is 11.8.